The second-order valence-corrected chi connectivity index (χ2v) is 5.95. The number of hydrogen-bond acceptors (Lipinski definition) is 3. The molecular weight excluding hydrogens is 258 g/mol. The normalized spacial score (nSPS) is 24.8. The van der Waals surface area contributed by atoms with Gasteiger partial charge in [0.2, 0.25) is 0 Å². The van der Waals surface area contributed by atoms with Gasteiger partial charge < -0.3 is 14.9 Å². The van der Waals surface area contributed by atoms with Crippen LogP contribution in [0.3, 0.4) is 0 Å². The number of carbonyl (C=O) groups excluding carboxylic acids is 1. The van der Waals surface area contributed by atoms with Crippen molar-refractivity contribution in [3.8, 4) is 0 Å². The summed E-state index contributed by atoms with van der Waals surface area (Å²) in [6.07, 6.45) is 2.50. The lowest BCUT2D eigenvalue weighted by Gasteiger charge is -2.39. The number of nitrogens with zero attached hydrogens (tertiary/aromatic N) is 3. The van der Waals surface area contributed by atoms with Crippen molar-refractivity contribution in [1.29, 1.82) is 0 Å². The van der Waals surface area contributed by atoms with Crippen LogP contribution in [0.4, 0.5) is 4.79 Å². The maximum Gasteiger partial charge on any atom is 0.320 e. The molecule has 20 heavy (non-hydrogen) atoms. The fourth-order valence-electron chi connectivity index (χ4n) is 2.98. The Labute approximate surface area is 120 Å². The molecule has 1 atom stereocenters. The first-order chi connectivity index (χ1) is 9.56. The van der Waals surface area contributed by atoms with E-state index in [0.29, 0.717) is 25.6 Å². The van der Waals surface area contributed by atoms with Crippen molar-refractivity contribution in [1.82, 2.24) is 14.7 Å². The Hall–Kier alpha value is -1.30. The predicted molar refractivity (Wildman–Crippen MR) is 75.6 cm³/mol. The molecule has 0 aliphatic carbocycles. The van der Waals surface area contributed by atoms with E-state index in [4.69, 9.17) is 5.11 Å². The van der Waals surface area contributed by atoms with E-state index in [-0.39, 0.29) is 12.5 Å². The molecule has 0 saturated carbocycles. The minimum Gasteiger partial charge on any atom is -0.481 e. The number of urea groups is 1. The lowest BCUT2D eigenvalue weighted by molar-refractivity contribution is -0.137. The topological polar surface area (TPSA) is 64.1 Å². The molecule has 1 unspecified atom stereocenters. The number of rotatable bonds is 3. The van der Waals surface area contributed by atoms with E-state index in [0.717, 1.165) is 32.6 Å². The van der Waals surface area contributed by atoms with Crippen molar-refractivity contribution in [2.24, 2.45) is 5.92 Å². The highest BCUT2D eigenvalue weighted by Gasteiger charge is 2.27. The van der Waals surface area contributed by atoms with E-state index < -0.39 is 5.97 Å². The lowest BCUT2D eigenvalue weighted by atomic mass is 10.0. The van der Waals surface area contributed by atoms with Crippen LogP contribution in [0, 0.1) is 5.92 Å². The number of piperazine rings is 1. The molecule has 2 aliphatic heterocycles. The molecule has 0 spiro atoms. The smallest absolute Gasteiger partial charge is 0.320 e. The average Bonchev–Trinajstić information content (AvgIpc) is 2.45. The molecule has 2 aliphatic rings. The molecule has 2 fully saturated rings. The van der Waals surface area contributed by atoms with Gasteiger partial charge in [-0.1, -0.05) is 6.92 Å². The van der Waals surface area contributed by atoms with Gasteiger partial charge in [-0.25, -0.2) is 4.79 Å². The molecule has 0 aromatic heterocycles. The van der Waals surface area contributed by atoms with E-state index in [1.807, 2.05) is 9.80 Å². The third-order valence-corrected chi connectivity index (χ3v) is 4.21. The molecule has 114 valence electrons. The average molecular weight is 283 g/mol. The summed E-state index contributed by atoms with van der Waals surface area (Å²) in [5, 5.41) is 8.68. The van der Waals surface area contributed by atoms with Crippen LogP contribution >= 0.6 is 0 Å². The standard InChI is InChI=1S/C14H25N3O3/c1-12-3-2-5-17(11-12)14(20)16-9-7-15(8-10-16)6-4-13(18)19/h12H,2-11H2,1H3,(H,18,19). The summed E-state index contributed by atoms with van der Waals surface area (Å²) in [5.41, 5.74) is 0. The van der Waals surface area contributed by atoms with E-state index in [1.165, 1.54) is 6.42 Å². The molecule has 2 heterocycles. The zero-order valence-electron chi connectivity index (χ0n) is 12.3. The number of amides is 2. The quantitative estimate of drug-likeness (QED) is 0.837. The number of carboxylic acids is 1. The van der Waals surface area contributed by atoms with Gasteiger partial charge in [0.1, 0.15) is 0 Å². The van der Waals surface area contributed by atoms with E-state index in [1.54, 1.807) is 0 Å². The summed E-state index contributed by atoms with van der Waals surface area (Å²) < 4.78 is 0. The molecular formula is C14H25N3O3. The highest BCUT2D eigenvalue weighted by molar-refractivity contribution is 5.74. The van der Waals surface area contributed by atoms with Crippen LogP contribution in [0.1, 0.15) is 26.2 Å². The predicted octanol–water partition coefficient (Wildman–Crippen LogP) is 0.931. The van der Waals surface area contributed by atoms with Crippen LogP contribution in [0.5, 0.6) is 0 Å². The van der Waals surface area contributed by atoms with Crippen LogP contribution in [0.2, 0.25) is 0 Å². The minimum atomic E-state index is -0.759. The van der Waals surface area contributed by atoms with Gasteiger partial charge in [0.15, 0.2) is 0 Å². The number of aliphatic carboxylic acids is 1. The van der Waals surface area contributed by atoms with Crippen molar-refractivity contribution in [3.63, 3.8) is 0 Å². The van der Waals surface area contributed by atoms with Gasteiger partial charge in [0.05, 0.1) is 6.42 Å². The van der Waals surface area contributed by atoms with Gasteiger partial charge in [-0.05, 0) is 18.8 Å². The molecule has 2 amide bonds. The lowest BCUT2D eigenvalue weighted by Crippen LogP contribution is -2.54. The van der Waals surface area contributed by atoms with Crippen LogP contribution in [0.15, 0.2) is 0 Å². The Bertz CT molecular complexity index is 354. The molecule has 2 saturated heterocycles. The van der Waals surface area contributed by atoms with Crippen molar-refractivity contribution in [2.45, 2.75) is 26.2 Å². The van der Waals surface area contributed by atoms with Gasteiger partial charge in [-0.3, -0.25) is 9.69 Å². The van der Waals surface area contributed by atoms with E-state index in [2.05, 4.69) is 11.8 Å². The third-order valence-electron chi connectivity index (χ3n) is 4.21. The third kappa shape index (κ3) is 4.10. The van der Waals surface area contributed by atoms with Crippen molar-refractivity contribution < 1.29 is 14.7 Å². The fourth-order valence-corrected chi connectivity index (χ4v) is 2.98. The van der Waals surface area contributed by atoms with Gasteiger partial charge in [0, 0.05) is 45.8 Å². The van der Waals surface area contributed by atoms with Crippen molar-refractivity contribution in [3.05, 3.63) is 0 Å². The zero-order valence-corrected chi connectivity index (χ0v) is 12.3. The summed E-state index contributed by atoms with van der Waals surface area (Å²) in [4.78, 5) is 29.0. The maximum atomic E-state index is 12.4. The summed E-state index contributed by atoms with van der Waals surface area (Å²) in [5.74, 6) is -0.157. The Kier molecular flexibility index (Phi) is 5.23. The molecule has 0 radical (unpaired) electrons. The van der Waals surface area contributed by atoms with Crippen LogP contribution in [0.25, 0.3) is 0 Å². The maximum absolute atomic E-state index is 12.4. The van der Waals surface area contributed by atoms with Gasteiger partial charge in [-0.2, -0.15) is 0 Å². The minimum absolute atomic E-state index is 0.162. The Morgan fingerprint density at radius 2 is 1.80 bits per heavy atom. The number of carbonyl (C=O) groups is 2. The first-order valence-electron chi connectivity index (χ1n) is 7.54. The Balaban J connectivity index is 1.75. The largest absolute Gasteiger partial charge is 0.481 e. The summed E-state index contributed by atoms with van der Waals surface area (Å²) in [6, 6.07) is 0.162. The summed E-state index contributed by atoms with van der Waals surface area (Å²) in [6.45, 7) is 7.51. The van der Waals surface area contributed by atoms with Crippen LogP contribution in [-0.4, -0.2) is 77.6 Å². The molecule has 1 N–H and O–H groups in total. The number of piperidine rings is 1. The second kappa shape index (κ2) is 6.92. The Morgan fingerprint density at radius 1 is 1.10 bits per heavy atom. The second-order valence-electron chi connectivity index (χ2n) is 5.95. The van der Waals surface area contributed by atoms with Crippen molar-refractivity contribution >= 4 is 12.0 Å². The molecule has 6 nitrogen and oxygen atoms in total. The molecule has 6 heteroatoms. The van der Waals surface area contributed by atoms with E-state index in [9.17, 15) is 9.59 Å². The highest BCUT2D eigenvalue weighted by atomic mass is 16.4. The molecule has 0 bridgehead atoms. The number of hydrogen-bond donors (Lipinski definition) is 1. The van der Waals surface area contributed by atoms with Gasteiger partial charge >= 0.3 is 12.0 Å². The van der Waals surface area contributed by atoms with Crippen LogP contribution < -0.4 is 0 Å². The van der Waals surface area contributed by atoms with Crippen LogP contribution in [-0.2, 0) is 4.79 Å². The zero-order chi connectivity index (χ0) is 14.5. The summed E-state index contributed by atoms with van der Waals surface area (Å²) in [7, 11) is 0. The van der Waals surface area contributed by atoms with Gasteiger partial charge in [-0.15, -0.1) is 0 Å². The molecule has 0 aromatic rings. The van der Waals surface area contributed by atoms with E-state index >= 15 is 0 Å². The van der Waals surface area contributed by atoms with Crippen molar-refractivity contribution in [2.75, 3.05) is 45.8 Å². The first-order valence-corrected chi connectivity index (χ1v) is 7.54. The molecule has 0 aromatic carbocycles. The Morgan fingerprint density at radius 3 is 2.40 bits per heavy atom. The fraction of sp³-hybridized carbons (Fsp3) is 0.857. The summed E-state index contributed by atoms with van der Waals surface area (Å²) >= 11 is 0. The van der Waals surface area contributed by atoms with Gasteiger partial charge in [0.25, 0.3) is 0 Å². The first kappa shape index (κ1) is 15.1. The number of carboxylic acid groups (broad SMARTS) is 1. The number of likely N-dealkylation sites (tertiary alicyclic amines) is 1. The highest BCUT2D eigenvalue weighted by Crippen LogP contribution is 2.17. The SMILES string of the molecule is CC1CCCN(C(=O)N2CCN(CCC(=O)O)CC2)C1. The molecule has 2 rings (SSSR count). The monoisotopic (exact) mass is 283 g/mol.